The number of nitrogens with one attached hydrogen (secondary N) is 1. The predicted molar refractivity (Wildman–Crippen MR) is 74.7 cm³/mol. The zero-order chi connectivity index (χ0) is 15.6. The predicted octanol–water partition coefficient (Wildman–Crippen LogP) is 3.16. The Morgan fingerprint density at radius 1 is 1.23 bits per heavy atom. The van der Waals surface area contributed by atoms with Gasteiger partial charge in [0, 0.05) is 18.7 Å². The zero-order valence-corrected chi connectivity index (χ0v) is 11.6. The van der Waals surface area contributed by atoms with Crippen LogP contribution in [0.15, 0.2) is 36.5 Å². The lowest BCUT2D eigenvalue weighted by atomic mass is 9.97. The van der Waals surface area contributed by atoms with Crippen molar-refractivity contribution >= 4 is 5.95 Å². The number of para-hydroxylation sites is 1. The van der Waals surface area contributed by atoms with E-state index in [1.165, 1.54) is 0 Å². The Labute approximate surface area is 125 Å². The third-order valence-corrected chi connectivity index (χ3v) is 3.45. The maximum atomic E-state index is 12.6. The van der Waals surface area contributed by atoms with Gasteiger partial charge in [-0.1, -0.05) is 18.2 Å². The molecule has 1 N–H and O–H groups in total. The number of halogens is 3. The molecule has 1 aromatic heterocycles. The van der Waals surface area contributed by atoms with E-state index in [-0.39, 0.29) is 11.9 Å². The standard InChI is InChI=1S/C15H14F3N3O/c16-15(17,18)13-5-6-19-14(21-13)20-8-10-7-11-3-1-2-4-12(11)22-9-10/h1-6,10H,7-9H2,(H,19,20,21). The Bertz CT molecular complexity index is 660. The van der Waals surface area contributed by atoms with Gasteiger partial charge in [0.1, 0.15) is 11.4 Å². The van der Waals surface area contributed by atoms with Gasteiger partial charge < -0.3 is 10.1 Å². The number of benzene rings is 1. The van der Waals surface area contributed by atoms with Gasteiger partial charge in [0.15, 0.2) is 0 Å². The average molecular weight is 309 g/mol. The molecule has 116 valence electrons. The number of hydrogen-bond donors (Lipinski definition) is 1. The summed E-state index contributed by atoms with van der Waals surface area (Å²) in [6.45, 7) is 0.971. The Balaban J connectivity index is 1.62. The molecule has 0 saturated heterocycles. The van der Waals surface area contributed by atoms with Crippen molar-refractivity contribution in [3.8, 4) is 5.75 Å². The third-order valence-electron chi connectivity index (χ3n) is 3.45. The quantitative estimate of drug-likeness (QED) is 0.946. The van der Waals surface area contributed by atoms with Crippen molar-refractivity contribution in [2.45, 2.75) is 12.6 Å². The normalized spacial score (nSPS) is 17.5. The van der Waals surface area contributed by atoms with Gasteiger partial charge in [-0.3, -0.25) is 0 Å². The molecule has 0 spiro atoms. The van der Waals surface area contributed by atoms with Crippen molar-refractivity contribution in [2.75, 3.05) is 18.5 Å². The fourth-order valence-corrected chi connectivity index (χ4v) is 2.36. The number of rotatable bonds is 3. The fourth-order valence-electron chi connectivity index (χ4n) is 2.36. The van der Waals surface area contributed by atoms with Crippen molar-refractivity contribution in [1.82, 2.24) is 9.97 Å². The third kappa shape index (κ3) is 3.29. The summed E-state index contributed by atoms with van der Waals surface area (Å²) in [7, 11) is 0. The molecular weight excluding hydrogens is 295 g/mol. The lowest BCUT2D eigenvalue weighted by molar-refractivity contribution is -0.141. The summed E-state index contributed by atoms with van der Waals surface area (Å²) < 4.78 is 43.4. The molecule has 22 heavy (non-hydrogen) atoms. The van der Waals surface area contributed by atoms with Crippen molar-refractivity contribution in [3.05, 3.63) is 47.8 Å². The highest BCUT2D eigenvalue weighted by atomic mass is 19.4. The van der Waals surface area contributed by atoms with Gasteiger partial charge in [-0.15, -0.1) is 0 Å². The molecule has 4 nitrogen and oxygen atoms in total. The van der Waals surface area contributed by atoms with Crippen LogP contribution in [0.25, 0.3) is 0 Å². The molecule has 0 fully saturated rings. The fraction of sp³-hybridized carbons (Fsp3) is 0.333. The molecule has 0 radical (unpaired) electrons. The zero-order valence-electron chi connectivity index (χ0n) is 11.6. The van der Waals surface area contributed by atoms with E-state index in [1.807, 2.05) is 24.3 Å². The maximum Gasteiger partial charge on any atom is 0.433 e. The van der Waals surface area contributed by atoms with Crippen LogP contribution in [-0.2, 0) is 12.6 Å². The maximum absolute atomic E-state index is 12.6. The van der Waals surface area contributed by atoms with Crippen LogP contribution in [0, 0.1) is 5.92 Å². The van der Waals surface area contributed by atoms with Gasteiger partial charge in [-0.05, 0) is 24.1 Å². The smallest absolute Gasteiger partial charge is 0.433 e. The number of alkyl halides is 3. The van der Waals surface area contributed by atoms with Crippen LogP contribution >= 0.6 is 0 Å². The van der Waals surface area contributed by atoms with Crippen molar-refractivity contribution in [3.63, 3.8) is 0 Å². The second-order valence-electron chi connectivity index (χ2n) is 5.13. The van der Waals surface area contributed by atoms with Crippen LogP contribution in [-0.4, -0.2) is 23.1 Å². The van der Waals surface area contributed by atoms with E-state index >= 15 is 0 Å². The molecule has 1 aliphatic heterocycles. The highest BCUT2D eigenvalue weighted by Gasteiger charge is 2.32. The van der Waals surface area contributed by atoms with E-state index in [4.69, 9.17) is 4.74 Å². The summed E-state index contributed by atoms with van der Waals surface area (Å²) in [5.41, 5.74) is 0.153. The van der Waals surface area contributed by atoms with Gasteiger partial charge >= 0.3 is 6.18 Å². The molecular formula is C15H14F3N3O. The van der Waals surface area contributed by atoms with E-state index in [0.29, 0.717) is 13.2 Å². The molecule has 1 aromatic carbocycles. The SMILES string of the molecule is FC(F)(F)c1ccnc(NCC2COc3ccccc3C2)n1. The molecule has 7 heteroatoms. The van der Waals surface area contributed by atoms with Gasteiger partial charge in [-0.2, -0.15) is 13.2 Å². The summed E-state index contributed by atoms with van der Waals surface area (Å²) in [5.74, 6) is 1.01. The largest absolute Gasteiger partial charge is 0.493 e. The molecule has 0 amide bonds. The number of ether oxygens (including phenoxy) is 1. The highest BCUT2D eigenvalue weighted by molar-refractivity contribution is 5.35. The number of nitrogens with zero attached hydrogens (tertiary/aromatic N) is 2. The van der Waals surface area contributed by atoms with Crippen molar-refractivity contribution in [2.24, 2.45) is 5.92 Å². The lowest BCUT2D eigenvalue weighted by Crippen LogP contribution is -2.27. The summed E-state index contributed by atoms with van der Waals surface area (Å²) in [5, 5.41) is 2.86. The minimum atomic E-state index is -4.47. The second-order valence-corrected chi connectivity index (χ2v) is 5.13. The summed E-state index contributed by atoms with van der Waals surface area (Å²) >= 11 is 0. The van der Waals surface area contributed by atoms with Gasteiger partial charge in [0.2, 0.25) is 5.95 Å². The Morgan fingerprint density at radius 2 is 2.05 bits per heavy atom. The number of aromatic nitrogens is 2. The molecule has 0 saturated carbocycles. The molecule has 0 aliphatic carbocycles. The van der Waals surface area contributed by atoms with Crippen molar-refractivity contribution in [1.29, 1.82) is 0 Å². The van der Waals surface area contributed by atoms with Crippen LogP contribution in [0.2, 0.25) is 0 Å². The number of fused-ring (bicyclic) bond motifs is 1. The second kappa shape index (κ2) is 5.82. The average Bonchev–Trinajstić information content (AvgIpc) is 2.52. The lowest BCUT2D eigenvalue weighted by Gasteiger charge is -2.25. The molecule has 3 rings (SSSR count). The van der Waals surface area contributed by atoms with E-state index in [2.05, 4.69) is 15.3 Å². The molecule has 1 unspecified atom stereocenters. The minimum absolute atomic E-state index is 0.0197. The van der Waals surface area contributed by atoms with Gasteiger partial charge in [-0.25, -0.2) is 9.97 Å². The van der Waals surface area contributed by atoms with E-state index in [9.17, 15) is 13.2 Å². The van der Waals surface area contributed by atoms with E-state index in [1.54, 1.807) is 0 Å². The molecule has 1 aliphatic rings. The first kappa shape index (κ1) is 14.6. The van der Waals surface area contributed by atoms with Crippen LogP contribution in [0.5, 0.6) is 5.75 Å². The van der Waals surface area contributed by atoms with Crippen molar-refractivity contribution < 1.29 is 17.9 Å². The monoisotopic (exact) mass is 309 g/mol. The Kier molecular flexibility index (Phi) is 3.87. The Morgan fingerprint density at radius 3 is 2.86 bits per heavy atom. The number of anilines is 1. The van der Waals surface area contributed by atoms with Crippen LogP contribution in [0.4, 0.5) is 19.1 Å². The van der Waals surface area contributed by atoms with Crippen LogP contribution in [0.1, 0.15) is 11.3 Å². The van der Waals surface area contributed by atoms with Gasteiger partial charge in [0.25, 0.3) is 0 Å². The molecule has 1 atom stereocenters. The molecule has 2 aromatic rings. The van der Waals surface area contributed by atoms with Gasteiger partial charge in [0.05, 0.1) is 6.61 Å². The van der Waals surface area contributed by atoms with Crippen LogP contribution in [0.3, 0.4) is 0 Å². The molecule has 2 heterocycles. The minimum Gasteiger partial charge on any atom is -0.493 e. The number of hydrogen-bond acceptors (Lipinski definition) is 4. The van der Waals surface area contributed by atoms with E-state index < -0.39 is 11.9 Å². The van der Waals surface area contributed by atoms with E-state index in [0.717, 1.165) is 30.0 Å². The first-order valence-electron chi connectivity index (χ1n) is 6.87. The summed E-state index contributed by atoms with van der Waals surface area (Å²) in [6.07, 6.45) is -2.56. The topological polar surface area (TPSA) is 47.0 Å². The highest BCUT2D eigenvalue weighted by Crippen LogP contribution is 2.28. The first-order valence-corrected chi connectivity index (χ1v) is 6.87. The van der Waals surface area contributed by atoms with Crippen LogP contribution < -0.4 is 10.1 Å². The Hall–Kier alpha value is -2.31. The first-order chi connectivity index (χ1) is 10.5. The summed E-state index contributed by atoms with van der Waals surface area (Å²) in [4.78, 5) is 7.30. The summed E-state index contributed by atoms with van der Waals surface area (Å²) in [6, 6.07) is 8.60. The molecule has 0 bridgehead atoms.